The van der Waals surface area contributed by atoms with E-state index in [1.807, 2.05) is 0 Å². The first-order chi connectivity index (χ1) is 8.00. The maximum atomic E-state index is 3.64. The van der Waals surface area contributed by atoms with Gasteiger partial charge >= 0.3 is 0 Å². The van der Waals surface area contributed by atoms with Crippen LogP contribution in [0.25, 0.3) is 0 Å². The maximum Gasteiger partial charge on any atom is 0.0249 e. The zero-order valence-electron chi connectivity index (χ0n) is 11.2. The summed E-state index contributed by atoms with van der Waals surface area (Å²) in [5, 5.41) is 6.96. The molecule has 96 valence electrons. The summed E-state index contributed by atoms with van der Waals surface area (Å²) in [6.07, 6.45) is 0. The van der Waals surface area contributed by atoms with E-state index in [0.717, 1.165) is 13.1 Å². The summed E-state index contributed by atoms with van der Waals surface area (Å²) >= 11 is 3.64. The average molecular weight is 299 g/mol. The first kappa shape index (κ1) is 14.7. The molecule has 17 heavy (non-hydrogen) atoms. The van der Waals surface area contributed by atoms with Crippen molar-refractivity contribution in [1.82, 2.24) is 10.6 Å². The Kier molecular flexibility index (Phi) is 6.17. The summed E-state index contributed by atoms with van der Waals surface area (Å²) in [5.74, 6) is 0. The van der Waals surface area contributed by atoms with Crippen molar-refractivity contribution in [1.29, 1.82) is 0 Å². The van der Waals surface area contributed by atoms with Gasteiger partial charge in [0.1, 0.15) is 0 Å². The highest BCUT2D eigenvalue weighted by molar-refractivity contribution is 9.10. The maximum absolute atomic E-state index is 3.64. The summed E-state index contributed by atoms with van der Waals surface area (Å²) in [4.78, 5) is 0. The second-order valence-corrected chi connectivity index (χ2v) is 5.69. The molecule has 0 fully saturated rings. The van der Waals surface area contributed by atoms with Gasteiger partial charge in [-0.25, -0.2) is 0 Å². The first-order valence-corrected chi connectivity index (χ1v) is 7.00. The van der Waals surface area contributed by atoms with Crippen molar-refractivity contribution in [3.05, 3.63) is 33.8 Å². The van der Waals surface area contributed by atoms with Crippen LogP contribution >= 0.6 is 15.9 Å². The van der Waals surface area contributed by atoms with Crippen molar-refractivity contribution in [3.63, 3.8) is 0 Å². The molecule has 1 rings (SSSR count). The van der Waals surface area contributed by atoms with Gasteiger partial charge in [0.2, 0.25) is 0 Å². The van der Waals surface area contributed by atoms with E-state index in [0.29, 0.717) is 12.1 Å². The molecular formula is C14H23BrN2. The van der Waals surface area contributed by atoms with E-state index < -0.39 is 0 Å². The molecule has 0 saturated carbocycles. The van der Waals surface area contributed by atoms with Gasteiger partial charge in [-0.1, -0.05) is 48.0 Å². The van der Waals surface area contributed by atoms with E-state index in [1.165, 1.54) is 15.6 Å². The van der Waals surface area contributed by atoms with Crippen molar-refractivity contribution in [2.75, 3.05) is 6.54 Å². The van der Waals surface area contributed by atoms with Crippen LogP contribution in [0.3, 0.4) is 0 Å². The zero-order chi connectivity index (χ0) is 12.8. The number of hydrogen-bond acceptors (Lipinski definition) is 2. The van der Waals surface area contributed by atoms with Crippen molar-refractivity contribution in [3.8, 4) is 0 Å². The van der Waals surface area contributed by atoms with E-state index in [4.69, 9.17) is 0 Å². The van der Waals surface area contributed by atoms with Crippen LogP contribution in [-0.2, 0) is 6.54 Å². The summed E-state index contributed by atoms with van der Waals surface area (Å²) < 4.78 is 1.22. The Hall–Kier alpha value is -0.380. The van der Waals surface area contributed by atoms with Crippen molar-refractivity contribution < 1.29 is 0 Å². The number of benzene rings is 1. The number of rotatable bonds is 6. The quantitative estimate of drug-likeness (QED) is 0.842. The van der Waals surface area contributed by atoms with E-state index in [9.17, 15) is 0 Å². The van der Waals surface area contributed by atoms with Crippen molar-refractivity contribution in [2.45, 2.75) is 46.3 Å². The molecule has 2 nitrogen and oxygen atoms in total. The van der Waals surface area contributed by atoms with Crippen LogP contribution in [0.2, 0.25) is 0 Å². The fourth-order valence-electron chi connectivity index (χ4n) is 1.61. The van der Waals surface area contributed by atoms with Crippen LogP contribution < -0.4 is 10.6 Å². The zero-order valence-corrected chi connectivity index (χ0v) is 12.8. The molecule has 1 aromatic rings. The highest BCUT2D eigenvalue weighted by Crippen LogP contribution is 2.20. The fourth-order valence-corrected chi connectivity index (χ4v) is 2.02. The van der Waals surface area contributed by atoms with E-state index in [1.54, 1.807) is 0 Å². The topological polar surface area (TPSA) is 24.1 Å². The average Bonchev–Trinajstić information content (AvgIpc) is 2.28. The van der Waals surface area contributed by atoms with Crippen molar-refractivity contribution >= 4 is 15.9 Å². The summed E-state index contributed by atoms with van der Waals surface area (Å²) in [6.45, 7) is 10.6. The molecule has 0 amide bonds. The molecule has 0 aliphatic rings. The Balaban J connectivity index is 2.42. The lowest BCUT2D eigenvalue weighted by Crippen LogP contribution is -2.38. The summed E-state index contributed by atoms with van der Waals surface area (Å²) in [7, 11) is 0. The Morgan fingerprint density at radius 2 is 1.88 bits per heavy atom. The van der Waals surface area contributed by atoms with Crippen LogP contribution in [0.4, 0.5) is 0 Å². The largest absolute Gasteiger partial charge is 0.313 e. The lowest BCUT2D eigenvalue weighted by Gasteiger charge is -2.17. The summed E-state index contributed by atoms with van der Waals surface area (Å²) in [5.41, 5.74) is 2.61. The number of hydrogen-bond donors (Lipinski definition) is 2. The SMILES string of the molecule is Cc1cccc(CNC(C)CNC(C)C)c1Br. The number of halogens is 1. The van der Waals surface area contributed by atoms with Gasteiger partial charge in [-0.15, -0.1) is 0 Å². The third-order valence-electron chi connectivity index (χ3n) is 2.75. The second-order valence-electron chi connectivity index (χ2n) is 4.89. The molecule has 1 aromatic carbocycles. The van der Waals surface area contributed by atoms with Crippen LogP contribution in [0, 0.1) is 6.92 Å². The van der Waals surface area contributed by atoms with Gasteiger partial charge in [0.15, 0.2) is 0 Å². The normalized spacial score (nSPS) is 13.1. The Morgan fingerprint density at radius 1 is 1.18 bits per heavy atom. The first-order valence-electron chi connectivity index (χ1n) is 6.21. The minimum Gasteiger partial charge on any atom is -0.313 e. The lowest BCUT2D eigenvalue weighted by molar-refractivity contribution is 0.473. The smallest absolute Gasteiger partial charge is 0.0249 e. The number of aryl methyl sites for hydroxylation is 1. The van der Waals surface area contributed by atoms with Gasteiger partial charge in [-0.3, -0.25) is 0 Å². The molecule has 0 heterocycles. The van der Waals surface area contributed by atoms with Crippen LogP contribution in [0.1, 0.15) is 31.9 Å². The van der Waals surface area contributed by atoms with Crippen molar-refractivity contribution in [2.24, 2.45) is 0 Å². The van der Waals surface area contributed by atoms with E-state index >= 15 is 0 Å². The third-order valence-corrected chi connectivity index (χ3v) is 3.88. The standard InChI is InChI=1S/C14H23BrN2/c1-10(2)16-8-12(4)17-9-13-7-5-6-11(3)14(13)15/h5-7,10,12,16-17H,8-9H2,1-4H3. The highest BCUT2D eigenvalue weighted by Gasteiger charge is 2.05. The molecule has 0 aliphatic carbocycles. The highest BCUT2D eigenvalue weighted by atomic mass is 79.9. The van der Waals surface area contributed by atoms with E-state index in [2.05, 4.69) is 72.5 Å². The van der Waals surface area contributed by atoms with Gasteiger partial charge in [-0.05, 0) is 25.0 Å². The summed E-state index contributed by atoms with van der Waals surface area (Å²) in [6, 6.07) is 7.41. The monoisotopic (exact) mass is 298 g/mol. The van der Waals surface area contributed by atoms with Crippen LogP contribution in [0.5, 0.6) is 0 Å². The third kappa shape index (κ3) is 5.19. The minimum absolute atomic E-state index is 0.477. The van der Waals surface area contributed by atoms with Gasteiger partial charge in [-0.2, -0.15) is 0 Å². The molecule has 1 unspecified atom stereocenters. The Labute approximate surface area is 113 Å². The fraction of sp³-hybridized carbons (Fsp3) is 0.571. The molecule has 0 saturated heterocycles. The van der Waals surface area contributed by atoms with Gasteiger partial charge in [0, 0.05) is 29.6 Å². The number of nitrogens with one attached hydrogen (secondary N) is 2. The predicted molar refractivity (Wildman–Crippen MR) is 78.3 cm³/mol. The molecule has 0 radical (unpaired) electrons. The Bertz CT molecular complexity index is 350. The second kappa shape index (κ2) is 7.14. The lowest BCUT2D eigenvalue weighted by atomic mass is 10.1. The van der Waals surface area contributed by atoms with Gasteiger partial charge < -0.3 is 10.6 Å². The molecule has 2 N–H and O–H groups in total. The molecule has 0 bridgehead atoms. The Morgan fingerprint density at radius 3 is 2.53 bits per heavy atom. The van der Waals surface area contributed by atoms with Crippen LogP contribution in [0.15, 0.2) is 22.7 Å². The molecule has 0 spiro atoms. The molecule has 0 aromatic heterocycles. The molecular weight excluding hydrogens is 276 g/mol. The molecule has 0 aliphatic heterocycles. The predicted octanol–water partition coefficient (Wildman–Crippen LogP) is 3.23. The van der Waals surface area contributed by atoms with Gasteiger partial charge in [0.25, 0.3) is 0 Å². The minimum atomic E-state index is 0.477. The van der Waals surface area contributed by atoms with Crippen LogP contribution in [-0.4, -0.2) is 18.6 Å². The molecule has 1 atom stereocenters. The van der Waals surface area contributed by atoms with Gasteiger partial charge in [0.05, 0.1) is 0 Å². The molecule has 3 heteroatoms. The van der Waals surface area contributed by atoms with E-state index in [-0.39, 0.29) is 0 Å².